The van der Waals surface area contributed by atoms with Crippen LogP contribution in [0.3, 0.4) is 0 Å². The average Bonchev–Trinajstić information content (AvgIpc) is 2.56. The van der Waals surface area contributed by atoms with Crippen LogP contribution in [-0.4, -0.2) is 13.2 Å². The summed E-state index contributed by atoms with van der Waals surface area (Å²) in [5.41, 5.74) is 0. The lowest BCUT2D eigenvalue weighted by Gasteiger charge is -2.26. The van der Waals surface area contributed by atoms with Gasteiger partial charge >= 0.3 is 0 Å². The predicted molar refractivity (Wildman–Crippen MR) is 88.0 cm³/mol. The first-order chi connectivity index (χ1) is 11.1. The lowest BCUT2D eigenvalue weighted by Crippen LogP contribution is -2.19. The van der Waals surface area contributed by atoms with Crippen molar-refractivity contribution in [2.75, 3.05) is 13.2 Å². The number of ether oxygens (including phenoxy) is 2. The summed E-state index contributed by atoms with van der Waals surface area (Å²) in [5.74, 6) is -0.721. The third-order valence-electron chi connectivity index (χ3n) is 4.63. The Morgan fingerprint density at radius 2 is 1.57 bits per heavy atom. The molecule has 0 unspecified atom stereocenters. The maximum Gasteiger partial charge on any atom is 0.204 e. The summed E-state index contributed by atoms with van der Waals surface area (Å²) >= 11 is 0. The molecule has 0 atom stereocenters. The van der Waals surface area contributed by atoms with Crippen molar-refractivity contribution in [3.8, 4) is 11.5 Å². The first-order valence-electron chi connectivity index (χ1n) is 8.85. The summed E-state index contributed by atoms with van der Waals surface area (Å²) in [7, 11) is 0. The quantitative estimate of drug-likeness (QED) is 0.567. The van der Waals surface area contributed by atoms with Crippen LogP contribution in [-0.2, 0) is 0 Å². The van der Waals surface area contributed by atoms with Crippen molar-refractivity contribution in [3.63, 3.8) is 0 Å². The molecule has 2 rings (SSSR count). The molecule has 0 amide bonds. The Morgan fingerprint density at radius 1 is 0.957 bits per heavy atom. The maximum atomic E-state index is 14.1. The van der Waals surface area contributed by atoms with Crippen LogP contribution in [0, 0.1) is 23.5 Å². The number of hydrogen-bond acceptors (Lipinski definition) is 2. The van der Waals surface area contributed by atoms with Crippen LogP contribution in [0.4, 0.5) is 8.78 Å². The number of halogens is 2. The SMILES string of the molecule is CCCCCOc1ccc(OCC2CCC(C)CC2)c(F)c1F. The Balaban J connectivity index is 1.86. The molecule has 0 spiro atoms. The van der Waals surface area contributed by atoms with Gasteiger partial charge in [-0.3, -0.25) is 0 Å². The molecule has 1 aromatic rings. The van der Waals surface area contributed by atoms with Gasteiger partial charge in [-0.05, 0) is 43.2 Å². The topological polar surface area (TPSA) is 18.5 Å². The molecule has 1 saturated carbocycles. The fourth-order valence-electron chi connectivity index (χ4n) is 2.97. The second-order valence-corrected chi connectivity index (χ2v) is 6.68. The summed E-state index contributed by atoms with van der Waals surface area (Å²) in [6.45, 7) is 5.20. The lowest BCUT2D eigenvalue weighted by molar-refractivity contribution is 0.181. The van der Waals surface area contributed by atoms with Crippen LogP contribution < -0.4 is 9.47 Å². The highest BCUT2D eigenvalue weighted by Gasteiger charge is 2.21. The maximum absolute atomic E-state index is 14.1. The molecule has 1 aliphatic rings. The van der Waals surface area contributed by atoms with E-state index in [0.717, 1.165) is 38.0 Å². The number of unbranched alkanes of at least 4 members (excludes halogenated alkanes) is 2. The summed E-state index contributed by atoms with van der Waals surface area (Å²) in [6.07, 6.45) is 7.51. The van der Waals surface area contributed by atoms with Crippen LogP contribution in [0.15, 0.2) is 12.1 Å². The van der Waals surface area contributed by atoms with E-state index in [1.807, 2.05) is 0 Å². The zero-order chi connectivity index (χ0) is 16.7. The molecule has 1 fully saturated rings. The van der Waals surface area contributed by atoms with Crippen molar-refractivity contribution in [2.45, 2.75) is 58.8 Å². The van der Waals surface area contributed by atoms with Gasteiger partial charge in [0.2, 0.25) is 11.6 Å². The Labute approximate surface area is 138 Å². The fourth-order valence-corrected chi connectivity index (χ4v) is 2.97. The first kappa shape index (κ1) is 18.0. The zero-order valence-corrected chi connectivity index (χ0v) is 14.2. The van der Waals surface area contributed by atoms with Crippen LogP contribution in [0.5, 0.6) is 11.5 Å². The van der Waals surface area contributed by atoms with E-state index in [0.29, 0.717) is 19.1 Å². The molecular weight excluding hydrogens is 298 g/mol. The van der Waals surface area contributed by atoms with Crippen molar-refractivity contribution in [1.29, 1.82) is 0 Å². The molecule has 0 radical (unpaired) electrons. The third kappa shape index (κ3) is 5.36. The minimum atomic E-state index is -0.948. The van der Waals surface area contributed by atoms with Crippen molar-refractivity contribution in [1.82, 2.24) is 0 Å². The lowest BCUT2D eigenvalue weighted by atomic mass is 9.83. The van der Waals surface area contributed by atoms with Crippen LogP contribution in [0.25, 0.3) is 0 Å². The number of benzene rings is 1. The molecular formula is C19H28F2O2. The molecule has 2 nitrogen and oxygen atoms in total. The molecule has 23 heavy (non-hydrogen) atoms. The largest absolute Gasteiger partial charge is 0.490 e. The zero-order valence-electron chi connectivity index (χ0n) is 14.2. The Hall–Kier alpha value is -1.32. The van der Waals surface area contributed by atoms with E-state index < -0.39 is 11.6 Å². The Morgan fingerprint density at radius 3 is 2.17 bits per heavy atom. The van der Waals surface area contributed by atoms with Crippen LogP contribution in [0.1, 0.15) is 58.8 Å². The van der Waals surface area contributed by atoms with Gasteiger partial charge in [0, 0.05) is 0 Å². The Bertz CT molecular complexity index is 483. The molecule has 0 N–H and O–H groups in total. The fraction of sp³-hybridized carbons (Fsp3) is 0.684. The van der Waals surface area contributed by atoms with Crippen molar-refractivity contribution >= 4 is 0 Å². The standard InChI is InChI=1S/C19H28F2O2/c1-3-4-5-12-22-16-10-11-17(19(21)18(16)20)23-13-15-8-6-14(2)7-9-15/h10-11,14-15H,3-9,12-13H2,1-2H3. The summed E-state index contributed by atoms with van der Waals surface area (Å²) < 4.78 is 38.9. The highest BCUT2D eigenvalue weighted by molar-refractivity contribution is 5.35. The molecule has 4 heteroatoms. The van der Waals surface area contributed by atoms with E-state index in [4.69, 9.17) is 9.47 Å². The first-order valence-corrected chi connectivity index (χ1v) is 8.85. The van der Waals surface area contributed by atoms with Gasteiger partial charge in [0.25, 0.3) is 0 Å². The van der Waals surface area contributed by atoms with Crippen LogP contribution >= 0.6 is 0 Å². The van der Waals surface area contributed by atoms with Gasteiger partial charge in [-0.15, -0.1) is 0 Å². The molecule has 0 saturated heterocycles. The van der Waals surface area contributed by atoms with E-state index in [1.54, 1.807) is 0 Å². The summed E-state index contributed by atoms with van der Waals surface area (Å²) in [6, 6.07) is 2.93. The molecule has 0 aliphatic heterocycles. The Kier molecular flexibility index (Phi) is 7.13. The van der Waals surface area contributed by atoms with E-state index >= 15 is 0 Å². The van der Waals surface area contributed by atoms with Gasteiger partial charge in [0.05, 0.1) is 13.2 Å². The molecule has 0 aromatic heterocycles. The monoisotopic (exact) mass is 326 g/mol. The van der Waals surface area contributed by atoms with Gasteiger partial charge in [0.1, 0.15) is 0 Å². The van der Waals surface area contributed by atoms with E-state index in [9.17, 15) is 8.78 Å². The number of rotatable bonds is 8. The van der Waals surface area contributed by atoms with Crippen LogP contribution in [0.2, 0.25) is 0 Å². The minimum Gasteiger partial charge on any atom is -0.490 e. The van der Waals surface area contributed by atoms with Crippen molar-refractivity contribution < 1.29 is 18.3 Å². The summed E-state index contributed by atoms with van der Waals surface area (Å²) in [5, 5.41) is 0. The number of hydrogen-bond donors (Lipinski definition) is 0. The van der Waals surface area contributed by atoms with Crippen molar-refractivity contribution in [3.05, 3.63) is 23.8 Å². The molecule has 0 heterocycles. The molecule has 1 aliphatic carbocycles. The van der Waals surface area contributed by atoms with Gasteiger partial charge < -0.3 is 9.47 Å². The van der Waals surface area contributed by atoms with Gasteiger partial charge in [-0.25, -0.2) is 0 Å². The van der Waals surface area contributed by atoms with E-state index in [1.165, 1.54) is 25.0 Å². The molecule has 130 valence electrons. The highest BCUT2D eigenvalue weighted by Crippen LogP contribution is 2.31. The second-order valence-electron chi connectivity index (χ2n) is 6.68. The highest BCUT2D eigenvalue weighted by atomic mass is 19.2. The third-order valence-corrected chi connectivity index (χ3v) is 4.63. The predicted octanol–water partition coefficient (Wildman–Crippen LogP) is 5.74. The van der Waals surface area contributed by atoms with Gasteiger partial charge in [-0.1, -0.05) is 39.5 Å². The van der Waals surface area contributed by atoms with E-state index in [2.05, 4.69) is 13.8 Å². The minimum absolute atomic E-state index is 0.0120. The molecule has 0 bridgehead atoms. The van der Waals surface area contributed by atoms with E-state index in [-0.39, 0.29) is 11.5 Å². The van der Waals surface area contributed by atoms with Gasteiger partial charge in [-0.2, -0.15) is 8.78 Å². The second kappa shape index (κ2) is 9.09. The molecule has 1 aromatic carbocycles. The average molecular weight is 326 g/mol. The smallest absolute Gasteiger partial charge is 0.204 e. The van der Waals surface area contributed by atoms with Gasteiger partial charge in [0.15, 0.2) is 11.5 Å². The summed E-state index contributed by atoms with van der Waals surface area (Å²) in [4.78, 5) is 0. The van der Waals surface area contributed by atoms with Crippen molar-refractivity contribution in [2.24, 2.45) is 11.8 Å². The normalized spacial score (nSPS) is 21.2.